The molecule has 0 saturated carbocycles. The van der Waals surface area contributed by atoms with E-state index in [0.29, 0.717) is 18.4 Å². The molecule has 1 saturated heterocycles. The minimum atomic E-state index is -0.384. The zero-order chi connectivity index (χ0) is 21.3. The molecule has 0 bridgehead atoms. The smallest absolute Gasteiger partial charge is 0.269 e. The van der Waals surface area contributed by atoms with Crippen LogP contribution in [0, 0.1) is 23.0 Å². The Morgan fingerprint density at radius 3 is 2.77 bits per heavy atom. The second-order valence-electron chi connectivity index (χ2n) is 7.61. The van der Waals surface area contributed by atoms with E-state index in [-0.39, 0.29) is 16.7 Å². The molecule has 1 aliphatic heterocycles. The molecule has 2 unspecified atom stereocenters. The first kappa shape index (κ1) is 21.8. The van der Waals surface area contributed by atoms with Gasteiger partial charge in [-0.1, -0.05) is 42.0 Å². The molecule has 7 nitrogen and oxygen atoms in total. The fourth-order valence-corrected chi connectivity index (χ4v) is 3.69. The second-order valence-corrected chi connectivity index (χ2v) is 7.61. The molecule has 2 N–H and O–H groups in total. The Bertz CT molecular complexity index is 867. The van der Waals surface area contributed by atoms with Crippen LogP contribution < -0.4 is 10.6 Å². The summed E-state index contributed by atoms with van der Waals surface area (Å²) in [5.74, 6) is 1.06. The molecule has 2 atom stereocenters. The SMILES string of the molecule is CCNC(=NCc1cccc([N+](=O)[O-])c1)NCC1CCCOC1c1ccc(C)cc1. The summed E-state index contributed by atoms with van der Waals surface area (Å²) in [5.41, 5.74) is 3.35. The van der Waals surface area contributed by atoms with Gasteiger partial charge in [0.15, 0.2) is 5.96 Å². The lowest BCUT2D eigenvalue weighted by molar-refractivity contribution is -0.384. The van der Waals surface area contributed by atoms with E-state index in [4.69, 9.17) is 4.74 Å². The van der Waals surface area contributed by atoms with E-state index >= 15 is 0 Å². The number of rotatable bonds is 7. The Morgan fingerprint density at radius 1 is 1.23 bits per heavy atom. The topological polar surface area (TPSA) is 88.8 Å². The first-order chi connectivity index (χ1) is 14.6. The first-order valence-electron chi connectivity index (χ1n) is 10.5. The number of aryl methyl sites for hydroxylation is 1. The van der Waals surface area contributed by atoms with Crippen molar-refractivity contribution in [1.82, 2.24) is 10.6 Å². The number of nitro benzene ring substituents is 1. The first-order valence-corrected chi connectivity index (χ1v) is 10.5. The van der Waals surface area contributed by atoms with Gasteiger partial charge in [0, 0.05) is 37.7 Å². The molecule has 2 aromatic rings. The Hall–Kier alpha value is -2.93. The van der Waals surface area contributed by atoms with E-state index in [2.05, 4.69) is 46.8 Å². The molecule has 0 aliphatic carbocycles. The number of nitrogens with one attached hydrogen (secondary N) is 2. The van der Waals surface area contributed by atoms with Crippen LogP contribution >= 0.6 is 0 Å². The maximum atomic E-state index is 11.0. The highest BCUT2D eigenvalue weighted by Gasteiger charge is 2.27. The molecular formula is C23H30N4O3. The number of hydrogen-bond acceptors (Lipinski definition) is 4. The van der Waals surface area contributed by atoms with Gasteiger partial charge in [0.25, 0.3) is 5.69 Å². The number of non-ortho nitro benzene ring substituents is 1. The van der Waals surface area contributed by atoms with Crippen LogP contribution in [0.4, 0.5) is 5.69 Å². The molecule has 2 aromatic carbocycles. The summed E-state index contributed by atoms with van der Waals surface area (Å²) in [7, 11) is 0. The largest absolute Gasteiger partial charge is 0.373 e. The van der Waals surface area contributed by atoms with Gasteiger partial charge in [-0.3, -0.25) is 10.1 Å². The number of hydrogen-bond donors (Lipinski definition) is 2. The van der Waals surface area contributed by atoms with Crippen molar-refractivity contribution in [2.75, 3.05) is 19.7 Å². The fourth-order valence-electron chi connectivity index (χ4n) is 3.69. The molecule has 0 radical (unpaired) electrons. The van der Waals surface area contributed by atoms with E-state index < -0.39 is 0 Å². The number of nitrogens with zero attached hydrogens (tertiary/aromatic N) is 2. The summed E-state index contributed by atoms with van der Waals surface area (Å²) in [4.78, 5) is 15.2. The van der Waals surface area contributed by atoms with Crippen molar-refractivity contribution >= 4 is 11.6 Å². The van der Waals surface area contributed by atoms with Crippen molar-refractivity contribution in [2.24, 2.45) is 10.9 Å². The molecule has 160 valence electrons. The van der Waals surface area contributed by atoms with E-state index in [9.17, 15) is 10.1 Å². The van der Waals surface area contributed by atoms with Crippen LogP contribution in [-0.4, -0.2) is 30.6 Å². The third kappa shape index (κ3) is 6.03. The molecule has 1 fully saturated rings. The standard InChI is InChI=1S/C23H30N4O3/c1-3-24-23(25-15-18-6-4-8-21(14-18)27(28)29)26-16-20-7-5-13-30-22(20)19-11-9-17(2)10-12-19/h4,6,8-12,14,20,22H,3,5,7,13,15-16H2,1-2H3,(H2,24,25,26). The van der Waals surface area contributed by atoms with Crippen LogP contribution in [0.15, 0.2) is 53.5 Å². The number of benzene rings is 2. The third-order valence-corrected chi connectivity index (χ3v) is 5.27. The molecule has 0 amide bonds. The van der Waals surface area contributed by atoms with Crippen LogP contribution in [0.3, 0.4) is 0 Å². The number of guanidine groups is 1. The van der Waals surface area contributed by atoms with E-state index in [1.165, 1.54) is 17.2 Å². The average Bonchev–Trinajstić information content (AvgIpc) is 2.76. The van der Waals surface area contributed by atoms with Gasteiger partial charge in [0.2, 0.25) is 0 Å². The Kier molecular flexibility index (Phi) is 7.79. The van der Waals surface area contributed by atoms with Crippen molar-refractivity contribution in [1.29, 1.82) is 0 Å². The molecule has 3 rings (SSSR count). The molecule has 0 spiro atoms. The Morgan fingerprint density at radius 2 is 2.03 bits per heavy atom. The summed E-state index contributed by atoms with van der Waals surface area (Å²) in [6.45, 7) is 6.76. The van der Waals surface area contributed by atoms with Crippen molar-refractivity contribution < 1.29 is 9.66 Å². The van der Waals surface area contributed by atoms with Crippen LogP contribution in [-0.2, 0) is 11.3 Å². The van der Waals surface area contributed by atoms with Gasteiger partial charge in [-0.25, -0.2) is 4.99 Å². The average molecular weight is 411 g/mol. The van der Waals surface area contributed by atoms with Gasteiger partial charge in [-0.05, 0) is 37.8 Å². The molecule has 30 heavy (non-hydrogen) atoms. The molecule has 0 aromatic heterocycles. The van der Waals surface area contributed by atoms with E-state index in [0.717, 1.165) is 38.1 Å². The predicted molar refractivity (Wildman–Crippen MR) is 119 cm³/mol. The fraction of sp³-hybridized carbons (Fsp3) is 0.435. The quantitative estimate of drug-likeness (QED) is 0.310. The summed E-state index contributed by atoms with van der Waals surface area (Å²) >= 11 is 0. The Labute approximate surface area is 177 Å². The summed E-state index contributed by atoms with van der Waals surface area (Å²) in [6.07, 6.45) is 2.22. The maximum Gasteiger partial charge on any atom is 0.269 e. The van der Waals surface area contributed by atoms with Crippen LogP contribution in [0.1, 0.15) is 42.6 Å². The number of ether oxygens (including phenoxy) is 1. The lowest BCUT2D eigenvalue weighted by Gasteiger charge is -2.32. The third-order valence-electron chi connectivity index (χ3n) is 5.27. The zero-order valence-electron chi connectivity index (χ0n) is 17.6. The number of nitro groups is 1. The Balaban J connectivity index is 1.65. The van der Waals surface area contributed by atoms with Crippen LogP contribution in [0.25, 0.3) is 0 Å². The summed E-state index contributed by atoms with van der Waals surface area (Å²) in [6, 6.07) is 15.2. The monoisotopic (exact) mass is 410 g/mol. The molecule has 1 aliphatic rings. The lowest BCUT2D eigenvalue weighted by Crippen LogP contribution is -2.42. The summed E-state index contributed by atoms with van der Waals surface area (Å²) in [5, 5.41) is 17.7. The highest BCUT2D eigenvalue weighted by molar-refractivity contribution is 5.79. The van der Waals surface area contributed by atoms with Gasteiger partial charge in [-0.15, -0.1) is 0 Å². The molecular weight excluding hydrogens is 380 g/mol. The lowest BCUT2D eigenvalue weighted by atomic mass is 9.89. The van der Waals surface area contributed by atoms with Crippen molar-refractivity contribution in [2.45, 2.75) is 39.3 Å². The van der Waals surface area contributed by atoms with Gasteiger partial charge in [0.05, 0.1) is 17.6 Å². The normalized spacial score (nSPS) is 19.3. The van der Waals surface area contributed by atoms with Gasteiger partial charge >= 0.3 is 0 Å². The van der Waals surface area contributed by atoms with E-state index in [1.807, 2.05) is 13.0 Å². The van der Waals surface area contributed by atoms with Crippen molar-refractivity contribution in [3.8, 4) is 0 Å². The minimum absolute atomic E-state index is 0.0755. The summed E-state index contributed by atoms with van der Waals surface area (Å²) < 4.78 is 6.11. The van der Waals surface area contributed by atoms with Gasteiger partial charge in [0.1, 0.15) is 0 Å². The van der Waals surface area contributed by atoms with Crippen LogP contribution in [0.2, 0.25) is 0 Å². The zero-order valence-corrected chi connectivity index (χ0v) is 17.6. The van der Waals surface area contributed by atoms with E-state index in [1.54, 1.807) is 12.1 Å². The van der Waals surface area contributed by atoms with Gasteiger partial charge in [-0.2, -0.15) is 0 Å². The predicted octanol–water partition coefficient (Wildman–Crippen LogP) is 4.13. The highest BCUT2D eigenvalue weighted by Crippen LogP contribution is 2.33. The van der Waals surface area contributed by atoms with Crippen LogP contribution in [0.5, 0.6) is 0 Å². The maximum absolute atomic E-state index is 11.0. The van der Waals surface area contributed by atoms with Gasteiger partial charge < -0.3 is 15.4 Å². The van der Waals surface area contributed by atoms with Crippen molar-refractivity contribution in [3.63, 3.8) is 0 Å². The highest BCUT2D eigenvalue weighted by atomic mass is 16.6. The second kappa shape index (κ2) is 10.7. The van der Waals surface area contributed by atoms with Crippen molar-refractivity contribution in [3.05, 3.63) is 75.3 Å². The molecule has 1 heterocycles. The minimum Gasteiger partial charge on any atom is -0.373 e. The number of aliphatic imine (C=N–C) groups is 1. The molecule has 7 heteroatoms.